The standard InChI is InChI=1S/C74H91BN2SSi/c1-44-35-61-64-62(36-44)77(59-41-55-52(69(6,7)29-32-72(55,12)13)38-48(59)45-21-24-47(25-22-45)79(18,19)20)60-42-56-54(71(10,11)31-33-73(56,14)15)40-58(60)75(64)66-65(49-39-53-57(43-63(49)78-66)74(16,17)34-30-70(53,8)9)76(61)46-23-26-50-51(37-46)68(4,5)28-27-67(50,2)3/h21-26,35-43H,27-34H2,1-20H3. The first-order valence-electron chi connectivity index (χ1n) is 30.6. The van der Waals surface area contributed by atoms with E-state index in [1.54, 1.807) is 11.1 Å². The van der Waals surface area contributed by atoms with E-state index in [1.165, 1.54) is 167 Å². The minimum absolute atomic E-state index is 0.0226. The second-order valence-corrected chi connectivity index (χ2v) is 38.7. The quantitative estimate of drug-likeness (QED) is 0.162. The summed E-state index contributed by atoms with van der Waals surface area (Å²) in [6.45, 7) is 50.0. The number of rotatable bonds is 4. The average molecular weight is 1080 g/mol. The van der Waals surface area contributed by atoms with Gasteiger partial charge in [-0.15, -0.1) is 11.3 Å². The number of hydrogen-bond donors (Lipinski definition) is 0. The first-order chi connectivity index (χ1) is 36.6. The number of anilines is 6. The summed E-state index contributed by atoms with van der Waals surface area (Å²) >= 11 is 2.11. The van der Waals surface area contributed by atoms with E-state index in [0.717, 1.165) is 0 Å². The van der Waals surface area contributed by atoms with Crippen molar-refractivity contribution < 1.29 is 0 Å². The molecule has 3 heterocycles. The van der Waals surface area contributed by atoms with Crippen molar-refractivity contribution in [1.82, 2.24) is 0 Å². The zero-order chi connectivity index (χ0) is 56.5. The number of nitrogens with zero attached hydrogens (tertiary/aromatic N) is 2. The Kier molecular flexibility index (Phi) is 11.3. The van der Waals surface area contributed by atoms with E-state index in [1.807, 2.05) is 0 Å². The summed E-state index contributed by atoms with van der Waals surface area (Å²) in [5, 5.41) is 2.93. The van der Waals surface area contributed by atoms with Crippen molar-refractivity contribution in [1.29, 1.82) is 0 Å². The number of aryl methyl sites for hydroxylation is 1. The third kappa shape index (κ3) is 7.93. The van der Waals surface area contributed by atoms with Crippen LogP contribution in [0.5, 0.6) is 0 Å². The molecule has 6 aliphatic rings. The lowest BCUT2D eigenvalue weighted by Gasteiger charge is -2.48. The van der Waals surface area contributed by atoms with Crippen LogP contribution in [0.4, 0.5) is 34.1 Å². The highest BCUT2D eigenvalue weighted by Crippen LogP contribution is 2.58. The minimum atomic E-state index is -1.56. The van der Waals surface area contributed by atoms with E-state index in [0.29, 0.717) is 0 Å². The summed E-state index contributed by atoms with van der Waals surface area (Å²) < 4.78 is 2.92. The number of thiophene rings is 1. The van der Waals surface area contributed by atoms with Crippen LogP contribution in [0.1, 0.15) is 212 Å². The van der Waals surface area contributed by atoms with Crippen molar-refractivity contribution in [2.75, 3.05) is 9.80 Å². The van der Waals surface area contributed by atoms with Gasteiger partial charge in [0.15, 0.2) is 0 Å². The highest BCUT2D eigenvalue weighted by atomic mass is 32.1. The monoisotopic (exact) mass is 1080 g/mol. The fourth-order valence-electron chi connectivity index (χ4n) is 16.1. The molecule has 0 amide bonds. The summed E-state index contributed by atoms with van der Waals surface area (Å²) in [5.74, 6) is 0. The SMILES string of the molecule is Cc1cc2c3c(c1)N(c1ccc4c(c1)C(C)(C)CCC4(C)C)c1c(sc4cc5c(cc14)C(C)(C)CCC5(C)C)B3c1cc3c(cc1N2c1cc2c(cc1-c1ccc([Si](C)(C)C)cc1)C(C)(C)CCC2(C)C)C(C)(C)CCC3(C)C. The molecule has 2 nitrogen and oxygen atoms in total. The van der Waals surface area contributed by atoms with Gasteiger partial charge in [0.1, 0.15) is 0 Å². The van der Waals surface area contributed by atoms with Gasteiger partial charge in [0.25, 0.3) is 6.71 Å². The fraction of sp³-hybridized carbons (Fsp3) is 0.486. The Morgan fingerprint density at radius 2 is 0.848 bits per heavy atom. The molecule has 1 aromatic heterocycles. The maximum absolute atomic E-state index is 2.83. The van der Waals surface area contributed by atoms with Gasteiger partial charge in [-0.1, -0.05) is 172 Å². The molecular formula is C74H91BN2SSi. The Labute approximate surface area is 482 Å². The van der Waals surface area contributed by atoms with Gasteiger partial charge in [-0.05, 0) is 223 Å². The van der Waals surface area contributed by atoms with E-state index >= 15 is 0 Å². The molecule has 13 rings (SSSR count). The molecule has 79 heavy (non-hydrogen) atoms. The Bertz CT molecular complexity index is 3750. The van der Waals surface area contributed by atoms with Gasteiger partial charge < -0.3 is 9.80 Å². The van der Waals surface area contributed by atoms with E-state index in [-0.39, 0.29) is 50.0 Å². The zero-order valence-electron chi connectivity index (χ0n) is 52.2. The van der Waals surface area contributed by atoms with Crippen LogP contribution in [0.15, 0.2) is 91.0 Å². The molecule has 0 bridgehead atoms. The van der Waals surface area contributed by atoms with Crippen molar-refractivity contribution in [2.45, 2.75) is 232 Å². The Morgan fingerprint density at radius 1 is 0.418 bits per heavy atom. The summed E-state index contributed by atoms with van der Waals surface area (Å²) in [7, 11) is -1.56. The van der Waals surface area contributed by atoms with Crippen LogP contribution in [0, 0.1) is 6.92 Å². The molecule has 0 saturated heterocycles. The first kappa shape index (κ1) is 53.5. The fourth-order valence-corrected chi connectivity index (χ4v) is 18.7. The van der Waals surface area contributed by atoms with Crippen LogP contribution < -0.4 is 30.7 Å². The molecular weight excluding hydrogens is 988 g/mol. The van der Waals surface area contributed by atoms with Gasteiger partial charge in [0, 0.05) is 43.2 Å². The van der Waals surface area contributed by atoms with Crippen molar-refractivity contribution in [3.63, 3.8) is 0 Å². The first-order valence-corrected chi connectivity index (χ1v) is 34.9. The van der Waals surface area contributed by atoms with Crippen molar-refractivity contribution >= 4 is 91.2 Å². The summed E-state index contributed by atoms with van der Waals surface area (Å²) in [5.41, 5.74) is 27.6. The molecule has 0 unspecified atom stereocenters. The molecule has 2 aliphatic heterocycles. The second kappa shape index (κ2) is 16.7. The zero-order valence-corrected chi connectivity index (χ0v) is 54.0. The topological polar surface area (TPSA) is 6.48 Å². The predicted octanol–water partition coefficient (Wildman–Crippen LogP) is 18.9. The van der Waals surface area contributed by atoms with Gasteiger partial charge in [0.05, 0.1) is 19.4 Å². The summed E-state index contributed by atoms with van der Waals surface area (Å²) in [6, 6.07) is 39.0. The lowest BCUT2D eigenvalue weighted by atomic mass is 9.35. The van der Waals surface area contributed by atoms with Crippen LogP contribution in [0.3, 0.4) is 0 Å². The van der Waals surface area contributed by atoms with Crippen molar-refractivity contribution in [3.05, 3.63) is 141 Å². The molecule has 0 spiro atoms. The van der Waals surface area contributed by atoms with Crippen LogP contribution in [-0.2, 0) is 43.3 Å². The number of benzene rings is 6. The lowest BCUT2D eigenvalue weighted by Crippen LogP contribution is -2.61. The molecule has 410 valence electrons. The molecule has 0 atom stereocenters. The van der Waals surface area contributed by atoms with E-state index in [2.05, 4.69) is 249 Å². The maximum Gasteiger partial charge on any atom is 0.264 e. The summed E-state index contributed by atoms with van der Waals surface area (Å²) in [4.78, 5) is 5.62. The van der Waals surface area contributed by atoms with Crippen molar-refractivity contribution in [3.8, 4) is 11.1 Å². The van der Waals surface area contributed by atoms with Gasteiger partial charge in [-0.25, -0.2) is 0 Å². The Balaban J connectivity index is 1.18. The van der Waals surface area contributed by atoms with E-state index < -0.39 is 8.07 Å². The van der Waals surface area contributed by atoms with Gasteiger partial charge in [-0.3, -0.25) is 0 Å². The molecule has 6 aromatic carbocycles. The maximum atomic E-state index is 2.83. The van der Waals surface area contributed by atoms with Crippen LogP contribution in [-0.4, -0.2) is 14.8 Å². The highest BCUT2D eigenvalue weighted by Gasteiger charge is 2.50. The van der Waals surface area contributed by atoms with Crippen LogP contribution >= 0.6 is 11.3 Å². The van der Waals surface area contributed by atoms with Crippen molar-refractivity contribution in [2.24, 2.45) is 0 Å². The molecule has 7 aromatic rings. The molecule has 0 radical (unpaired) electrons. The normalized spacial score (nSPS) is 21.7. The molecule has 5 heteroatoms. The molecule has 0 fully saturated rings. The number of hydrogen-bond acceptors (Lipinski definition) is 3. The van der Waals surface area contributed by atoms with E-state index in [9.17, 15) is 0 Å². The minimum Gasteiger partial charge on any atom is -0.311 e. The second-order valence-electron chi connectivity index (χ2n) is 32.5. The average Bonchev–Trinajstić information content (AvgIpc) is 3.14. The highest BCUT2D eigenvalue weighted by molar-refractivity contribution is 7.33. The lowest BCUT2D eigenvalue weighted by molar-refractivity contribution is 0.332. The Morgan fingerprint density at radius 3 is 1.37 bits per heavy atom. The third-order valence-corrected chi connectivity index (χ3v) is 25.4. The predicted molar refractivity (Wildman–Crippen MR) is 350 cm³/mol. The van der Waals surface area contributed by atoms with Gasteiger partial charge >= 0.3 is 0 Å². The molecule has 0 N–H and O–H groups in total. The van der Waals surface area contributed by atoms with E-state index in [4.69, 9.17) is 0 Å². The Hall–Kier alpha value is -4.84. The number of fused-ring (bicyclic) bond motifs is 10. The third-order valence-electron chi connectivity index (χ3n) is 22.1. The van der Waals surface area contributed by atoms with Crippen LogP contribution in [0.2, 0.25) is 19.6 Å². The van der Waals surface area contributed by atoms with Gasteiger partial charge in [0.2, 0.25) is 0 Å². The summed E-state index contributed by atoms with van der Waals surface area (Å²) in [6.07, 6.45) is 9.49. The van der Waals surface area contributed by atoms with Gasteiger partial charge in [-0.2, -0.15) is 0 Å². The largest absolute Gasteiger partial charge is 0.311 e. The van der Waals surface area contributed by atoms with Crippen LogP contribution in [0.25, 0.3) is 21.2 Å². The molecule has 4 aliphatic carbocycles. The smallest absolute Gasteiger partial charge is 0.264 e. The molecule has 0 saturated carbocycles.